The average Bonchev–Trinajstić information content (AvgIpc) is 2.90. The molecule has 0 saturated carbocycles. The minimum Gasteiger partial charge on any atom is -0.444 e. The lowest BCUT2D eigenvalue weighted by Gasteiger charge is -2.19. The number of rotatable bonds is 2. The van der Waals surface area contributed by atoms with Crippen LogP contribution < -0.4 is 5.32 Å². The van der Waals surface area contributed by atoms with Gasteiger partial charge in [0.05, 0.1) is 11.8 Å². The number of halogens is 2. The van der Waals surface area contributed by atoms with Crippen LogP contribution in [0.15, 0.2) is 39.5 Å². The zero-order valence-corrected chi connectivity index (χ0v) is 15.3. The van der Waals surface area contributed by atoms with Crippen LogP contribution in [0.2, 0.25) is 0 Å². The van der Waals surface area contributed by atoms with Crippen molar-refractivity contribution < 1.29 is 18.3 Å². The van der Waals surface area contributed by atoms with Gasteiger partial charge in [-0.15, -0.1) is 0 Å². The van der Waals surface area contributed by atoms with Gasteiger partial charge in [0.15, 0.2) is 11.4 Å². The molecule has 0 saturated heterocycles. The van der Waals surface area contributed by atoms with Crippen molar-refractivity contribution in [2.24, 2.45) is 0 Å². The van der Waals surface area contributed by atoms with Gasteiger partial charge in [0, 0.05) is 5.69 Å². The quantitative estimate of drug-likeness (QED) is 0.595. The highest BCUT2D eigenvalue weighted by Gasteiger charge is 2.17. The molecule has 6 nitrogen and oxygen atoms in total. The monoisotopic (exact) mass is 407 g/mol. The zero-order chi connectivity index (χ0) is 18.2. The molecule has 1 amide bonds. The van der Waals surface area contributed by atoms with Crippen LogP contribution in [0.4, 0.5) is 14.9 Å². The number of carbonyl (C=O) groups is 1. The number of aromatic nitrogens is 2. The van der Waals surface area contributed by atoms with Gasteiger partial charge in [-0.1, -0.05) is 0 Å². The van der Waals surface area contributed by atoms with Crippen LogP contribution in [0, 0.1) is 5.82 Å². The molecule has 130 valence electrons. The first kappa shape index (κ1) is 17.3. The van der Waals surface area contributed by atoms with Gasteiger partial charge in [-0.3, -0.25) is 5.32 Å². The lowest BCUT2D eigenvalue weighted by molar-refractivity contribution is 0.0636. The Bertz CT molecular complexity index is 950. The summed E-state index contributed by atoms with van der Waals surface area (Å²) < 4.78 is 25.2. The Morgan fingerprint density at radius 2 is 2.08 bits per heavy atom. The van der Waals surface area contributed by atoms with E-state index < -0.39 is 17.5 Å². The molecule has 0 fully saturated rings. The Morgan fingerprint density at radius 3 is 2.80 bits per heavy atom. The van der Waals surface area contributed by atoms with Gasteiger partial charge in [-0.25, -0.2) is 19.2 Å². The fraction of sp³-hybridized carbons (Fsp3) is 0.235. The number of anilines is 1. The summed E-state index contributed by atoms with van der Waals surface area (Å²) >= 11 is 3.19. The lowest BCUT2D eigenvalue weighted by Crippen LogP contribution is -2.27. The van der Waals surface area contributed by atoms with Crippen molar-refractivity contribution in [3.63, 3.8) is 0 Å². The van der Waals surface area contributed by atoms with E-state index >= 15 is 0 Å². The van der Waals surface area contributed by atoms with E-state index in [1.54, 1.807) is 39.0 Å². The number of carbonyl (C=O) groups excluding carboxylic acids is 1. The maximum Gasteiger partial charge on any atom is 0.412 e. The second kappa shape index (κ2) is 6.44. The highest BCUT2D eigenvalue weighted by Crippen LogP contribution is 2.29. The molecule has 0 unspecified atom stereocenters. The Labute approximate surface area is 151 Å². The largest absolute Gasteiger partial charge is 0.444 e. The molecular weight excluding hydrogens is 393 g/mol. The number of pyridine rings is 1. The molecule has 0 spiro atoms. The van der Waals surface area contributed by atoms with E-state index in [4.69, 9.17) is 9.15 Å². The Morgan fingerprint density at radius 1 is 1.32 bits per heavy atom. The van der Waals surface area contributed by atoms with Gasteiger partial charge in [0.1, 0.15) is 15.7 Å². The molecule has 0 aliphatic carbocycles. The van der Waals surface area contributed by atoms with Gasteiger partial charge < -0.3 is 9.15 Å². The highest BCUT2D eigenvalue weighted by molar-refractivity contribution is 9.10. The molecule has 0 atom stereocenters. The van der Waals surface area contributed by atoms with Crippen LogP contribution in [0.3, 0.4) is 0 Å². The minimum absolute atomic E-state index is 0.130. The molecule has 0 aliphatic rings. The van der Waals surface area contributed by atoms with E-state index in [1.165, 1.54) is 6.07 Å². The third kappa shape index (κ3) is 4.14. The summed E-state index contributed by atoms with van der Waals surface area (Å²) in [7, 11) is 0. The number of hydrogen-bond acceptors (Lipinski definition) is 5. The van der Waals surface area contributed by atoms with Crippen LogP contribution in [0.5, 0.6) is 0 Å². The first-order valence-electron chi connectivity index (χ1n) is 7.43. The standard InChI is InChI=1S/C17H15BrFN3O3/c1-17(2,3)25-16(23)21-9-4-5-13-12(6-9)22-15(24-13)10-7-14(18)20-8-11(10)19/h4-8H,1-3H3,(H,21,23). The summed E-state index contributed by atoms with van der Waals surface area (Å²) in [5.41, 5.74) is 1.05. The van der Waals surface area contributed by atoms with E-state index in [0.29, 0.717) is 21.4 Å². The molecule has 3 aromatic rings. The number of amides is 1. The SMILES string of the molecule is CC(C)(C)OC(=O)Nc1ccc2oc(-c3cc(Br)ncc3F)nc2c1. The zero-order valence-electron chi connectivity index (χ0n) is 13.8. The second-order valence-electron chi connectivity index (χ2n) is 6.32. The number of hydrogen-bond donors (Lipinski definition) is 1. The summed E-state index contributed by atoms with van der Waals surface area (Å²) in [6.07, 6.45) is 0.517. The van der Waals surface area contributed by atoms with Crippen LogP contribution in [-0.2, 0) is 4.74 Å². The Hall–Kier alpha value is -2.48. The summed E-state index contributed by atoms with van der Waals surface area (Å²) in [5, 5.41) is 2.63. The van der Waals surface area contributed by atoms with Crippen molar-refractivity contribution in [3.8, 4) is 11.5 Å². The molecule has 8 heteroatoms. The highest BCUT2D eigenvalue weighted by atomic mass is 79.9. The van der Waals surface area contributed by atoms with Crippen LogP contribution in [-0.4, -0.2) is 21.7 Å². The van der Waals surface area contributed by atoms with Gasteiger partial charge in [0.25, 0.3) is 0 Å². The van der Waals surface area contributed by atoms with Crippen molar-refractivity contribution in [2.45, 2.75) is 26.4 Å². The molecule has 0 radical (unpaired) electrons. The molecular formula is C17H15BrFN3O3. The normalized spacial score (nSPS) is 11.6. The minimum atomic E-state index is -0.596. The second-order valence-corrected chi connectivity index (χ2v) is 7.13. The van der Waals surface area contributed by atoms with Crippen molar-refractivity contribution in [1.82, 2.24) is 9.97 Å². The first-order valence-corrected chi connectivity index (χ1v) is 8.22. The van der Waals surface area contributed by atoms with E-state index in [9.17, 15) is 9.18 Å². The van der Waals surface area contributed by atoms with Crippen molar-refractivity contribution in [1.29, 1.82) is 0 Å². The molecule has 1 aromatic carbocycles. The molecule has 2 heterocycles. The van der Waals surface area contributed by atoms with Gasteiger partial charge in [-0.05, 0) is 61.0 Å². The number of ether oxygens (including phenoxy) is 1. The summed E-state index contributed by atoms with van der Waals surface area (Å²) in [6.45, 7) is 5.34. The third-order valence-corrected chi connectivity index (χ3v) is 3.52. The van der Waals surface area contributed by atoms with Crippen LogP contribution in [0.25, 0.3) is 22.6 Å². The van der Waals surface area contributed by atoms with E-state index in [2.05, 4.69) is 31.2 Å². The summed E-state index contributed by atoms with van der Waals surface area (Å²) in [5.74, 6) is -0.410. The van der Waals surface area contributed by atoms with Crippen molar-refractivity contribution in [3.05, 3.63) is 40.9 Å². The Balaban J connectivity index is 1.89. The molecule has 2 aromatic heterocycles. The number of nitrogens with zero attached hydrogens (tertiary/aromatic N) is 2. The molecule has 3 rings (SSSR count). The smallest absolute Gasteiger partial charge is 0.412 e. The average molecular weight is 408 g/mol. The van der Waals surface area contributed by atoms with Crippen LogP contribution in [0.1, 0.15) is 20.8 Å². The molecule has 25 heavy (non-hydrogen) atoms. The van der Waals surface area contributed by atoms with Gasteiger partial charge >= 0.3 is 6.09 Å². The lowest BCUT2D eigenvalue weighted by atomic mass is 10.2. The van der Waals surface area contributed by atoms with Gasteiger partial charge in [0.2, 0.25) is 5.89 Å². The number of benzene rings is 1. The van der Waals surface area contributed by atoms with Crippen molar-refractivity contribution >= 4 is 38.8 Å². The summed E-state index contributed by atoms with van der Waals surface area (Å²) in [4.78, 5) is 19.9. The Kier molecular flexibility index (Phi) is 4.47. The van der Waals surface area contributed by atoms with Crippen LogP contribution >= 0.6 is 15.9 Å². The third-order valence-electron chi connectivity index (χ3n) is 3.09. The maximum absolute atomic E-state index is 13.9. The fourth-order valence-electron chi connectivity index (χ4n) is 2.12. The maximum atomic E-state index is 13.9. The predicted molar refractivity (Wildman–Crippen MR) is 94.8 cm³/mol. The summed E-state index contributed by atoms with van der Waals surface area (Å²) in [6, 6.07) is 6.41. The molecule has 0 aliphatic heterocycles. The number of oxazole rings is 1. The van der Waals surface area contributed by atoms with Gasteiger partial charge in [-0.2, -0.15) is 0 Å². The van der Waals surface area contributed by atoms with Crippen molar-refractivity contribution in [2.75, 3.05) is 5.32 Å². The number of nitrogens with one attached hydrogen (secondary N) is 1. The predicted octanol–water partition coefficient (Wildman–Crippen LogP) is 5.14. The van der Waals surface area contributed by atoms with E-state index in [0.717, 1.165) is 6.20 Å². The molecule has 0 bridgehead atoms. The van der Waals surface area contributed by atoms with E-state index in [1.807, 2.05) is 0 Å². The van der Waals surface area contributed by atoms with E-state index in [-0.39, 0.29) is 11.5 Å². The first-order chi connectivity index (χ1) is 11.7. The number of fused-ring (bicyclic) bond motifs is 1. The molecule has 1 N–H and O–H groups in total. The fourth-order valence-corrected chi connectivity index (χ4v) is 2.45. The topological polar surface area (TPSA) is 77.2 Å².